The van der Waals surface area contributed by atoms with Gasteiger partial charge >= 0.3 is 0 Å². The van der Waals surface area contributed by atoms with Crippen molar-refractivity contribution in [3.63, 3.8) is 0 Å². The normalized spacial score (nSPS) is 23.5. The van der Waals surface area contributed by atoms with Gasteiger partial charge in [0.05, 0.1) is 13.1 Å². The lowest BCUT2D eigenvalue weighted by molar-refractivity contribution is -0.912. The van der Waals surface area contributed by atoms with Crippen molar-refractivity contribution >= 4 is 0 Å². The number of nitrogens with one attached hydrogen (secondary N) is 1. The first-order valence-corrected chi connectivity index (χ1v) is 4.96. The van der Waals surface area contributed by atoms with E-state index in [1.807, 2.05) is 0 Å². The van der Waals surface area contributed by atoms with Crippen LogP contribution in [0.5, 0.6) is 0 Å². The fraction of sp³-hybridized carbons (Fsp3) is 1.00. The number of likely N-dealkylation sites (N-methyl/N-ethyl adjacent to an activating group) is 1. The van der Waals surface area contributed by atoms with Crippen LogP contribution in [-0.2, 0) is 0 Å². The van der Waals surface area contributed by atoms with E-state index in [4.69, 9.17) is 0 Å². The maximum atomic E-state index is 3.90. The van der Waals surface area contributed by atoms with Gasteiger partial charge in [0, 0.05) is 0 Å². The SMILES string of the molecule is C[NH+](CC[NH3+])C1CCCCC1. The zero-order valence-electron chi connectivity index (χ0n) is 7.73. The van der Waals surface area contributed by atoms with Gasteiger partial charge in [-0.15, -0.1) is 0 Å². The summed E-state index contributed by atoms with van der Waals surface area (Å²) in [5.41, 5.74) is 3.90. The fourth-order valence-corrected chi connectivity index (χ4v) is 2.08. The molecule has 1 aliphatic rings. The maximum Gasteiger partial charge on any atom is 0.127 e. The highest BCUT2D eigenvalue weighted by Gasteiger charge is 2.20. The molecular formula is C9H22N2+2. The van der Waals surface area contributed by atoms with Gasteiger partial charge in [0.25, 0.3) is 0 Å². The van der Waals surface area contributed by atoms with Crippen LogP contribution in [0, 0.1) is 0 Å². The molecule has 1 unspecified atom stereocenters. The molecule has 1 fully saturated rings. The molecule has 4 N–H and O–H groups in total. The molecule has 0 aromatic heterocycles. The summed E-state index contributed by atoms with van der Waals surface area (Å²) in [6.07, 6.45) is 7.28. The third kappa shape index (κ3) is 2.80. The fourth-order valence-electron chi connectivity index (χ4n) is 2.08. The molecular weight excluding hydrogens is 136 g/mol. The van der Waals surface area contributed by atoms with Gasteiger partial charge in [-0.05, 0) is 25.7 Å². The first-order chi connectivity index (χ1) is 5.34. The number of rotatable bonds is 3. The lowest BCUT2D eigenvalue weighted by Crippen LogP contribution is -3.14. The Morgan fingerprint density at radius 1 is 1.27 bits per heavy atom. The highest BCUT2D eigenvalue weighted by molar-refractivity contribution is 4.62. The van der Waals surface area contributed by atoms with Gasteiger partial charge in [0.15, 0.2) is 0 Å². The predicted octanol–water partition coefficient (Wildman–Crippen LogP) is -0.924. The Morgan fingerprint density at radius 3 is 2.45 bits per heavy atom. The van der Waals surface area contributed by atoms with Crippen LogP contribution in [0.3, 0.4) is 0 Å². The van der Waals surface area contributed by atoms with E-state index in [9.17, 15) is 0 Å². The monoisotopic (exact) mass is 158 g/mol. The number of hydrogen-bond donors (Lipinski definition) is 2. The van der Waals surface area contributed by atoms with E-state index in [1.165, 1.54) is 38.6 Å². The van der Waals surface area contributed by atoms with Crippen molar-refractivity contribution in [1.82, 2.24) is 0 Å². The van der Waals surface area contributed by atoms with Crippen LogP contribution in [0.25, 0.3) is 0 Å². The maximum absolute atomic E-state index is 3.90. The number of quaternary nitrogens is 2. The Bertz CT molecular complexity index is 97.7. The largest absolute Gasteiger partial charge is 0.353 e. The van der Waals surface area contributed by atoms with Crippen LogP contribution in [0.2, 0.25) is 0 Å². The summed E-state index contributed by atoms with van der Waals surface area (Å²) in [7, 11) is 2.32. The number of hydrogen-bond acceptors (Lipinski definition) is 0. The van der Waals surface area contributed by atoms with E-state index in [0.717, 1.165) is 12.6 Å². The topological polar surface area (TPSA) is 32.1 Å². The summed E-state index contributed by atoms with van der Waals surface area (Å²) >= 11 is 0. The van der Waals surface area contributed by atoms with E-state index in [2.05, 4.69) is 12.8 Å². The van der Waals surface area contributed by atoms with E-state index >= 15 is 0 Å². The van der Waals surface area contributed by atoms with Crippen molar-refractivity contribution in [2.75, 3.05) is 20.1 Å². The molecule has 1 saturated carbocycles. The third-order valence-corrected chi connectivity index (χ3v) is 2.87. The molecule has 0 saturated heterocycles. The van der Waals surface area contributed by atoms with Gasteiger partial charge in [-0.3, -0.25) is 0 Å². The lowest BCUT2D eigenvalue weighted by Gasteiger charge is -2.27. The summed E-state index contributed by atoms with van der Waals surface area (Å²) in [6.45, 7) is 2.34. The Balaban J connectivity index is 2.21. The van der Waals surface area contributed by atoms with Crippen LogP contribution in [0.4, 0.5) is 0 Å². The second kappa shape index (κ2) is 4.73. The minimum absolute atomic E-state index is 0.950. The van der Waals surface area contributed by atoms with E-state index in [0.29, 0.717) is 0 Å². The Morgan fingerprint density at radius 2 is 1.91 bits per heavy atom. The Labute approximate surface area is 69.8 Å². The summed E-state index contributed by atoms with van der Waals surface area (Å²) in [6, 6.07) is 0.950. The van der Waals surface area contributed by atoms with Crippen LogP contribution in [0.15, 0.2) is 0 Å². The van der Waals surface area contributed by atoms with Crippen LogP contribution in [-0.4, -0.2) is 26.2 Å². The summed E-state index contributed by atoms with van der Waals surface area (Å²) in [5, 5.41) is 0. The van der Waals surface area contributed by atoms with Gasteiger partial charge in [-0.25, -0.2) is 0 Å². The Kier molecular flexibility index (Phi) is 3.87. The van der Waals surface area contributed by atoms with Crippen molar-refractivity contribution in [3.8, 4) is 0 Å². The molecule has 66 valence electrons. The average molecular weight is 158 g/mol. The zero-order chi connectivity index (χ0) is 8.10. The average Bonchev–Trinajstić information content (AvgIpc) is 2.07. The predicted molar refractivity (Wildman–Crippen MR) is 46.4 cm³/mol. The molecule has 1 rings (SSSR count). The first kappa shape index (κ1) is 9.01. The highest BCUT2D eigenvalue weighted by atomic mass is 15.1. The molecule has 2 heteroatoms. The molecule has 1 atom stereocenters. The lowest BCUT2D eigenvalue weighted by atomic mass is 9.94. The molecule has 11 heavy (non-hydrogen) atoms. The molecule has 0 radical (unpaired) electrons. The smallest absolute Gasteiger partial charge is 0.127 e. The standard InChI is InChI=1S/C9H20N2/c1-11(8-7-10)9-5-3-2-4-6-9/h9H,2-8,10H2,1H3/p+2. The summed E-state index contributed by atoms with van der Waals surface area (Å²) < 4.78 is 0. The quantitative estimate of drug-likeness (QED) is 0.532. The molecule has 1 aliphatic carbocycles. The van der Waals surface area contributed by atoms with Crippen molar-refractivity contribution in [3.05, 3.63) is 0 Å². The molecule has 0 aromatic rings. The van der Waals surface area contributed by atoms with Crippen LogP contribution >= 0.6 is 0 Å². The minimum Gasteiger partial charge on any atom is -0.353 e. The van der Waals surface area contributed by atoms with Gasteiger partial charge in [0.1, 0.15) is 13.1 Å². The van der Waals surface area contributed by atoms with Gasteiger partial charge in [-0.2, -0.15) is 0 Å². The summed E-state index contributed by atoms with van der Waals surface area (Å²) in [5.74, 6) is 0. The summed E-state index contributed by atoms with van der Waals surface area (Å²) in [4.78, 5) is 1.71. The van der Waals surface area contributed by atoms with Gasteiger partial charge in [-0.1, -0.05) is 6.42 Å². The zero-order valence-corrected chi connectivity index (χ0v) is 7.73. The van der Waals surface area contributed by atoms with Gasteiger partial charge in [0.2, 0.25) is 0 Å². The van der Waals surface area contributed by atoms with Crippen molar-refractivity contribution < 1.29 is 10.6 Å². The van der Waals surface area contributed by atoms with E-state index in [-0.39, 0.29) is 0 Å². The molecule has 0 heterocycles. The van der Waals surface area contributed by atoms with E-state index in [1.54, 1.807) is 4.90 Å². The highest BCUT2D eigenvalue weighted by Crippen LogP contribution is 2.14. The third-order valence-electron chi connectivity index (χ3n) is 2.87. The minimum atomic E-state index is 0.950. The van der Waals surface area contributed by atoms with Crippen molar-refractivity contribution in [2.45, 2.75) is 38.1 Å². The van der Waals surface area contributed by atoms with E-state index < -0.39 is 0 Å². The molecule has 0 aliphatic heterocycles. The first-order valence-electron chi connectivity index (χ1n) is 4.96. The second-order valence-electron chi connectivity index (χ2n) is 3.78. The van der Waals surface area contributed by atoms with Crippen molar-refractivity contribution in [2.24, 2.45) is 0 Å². The molecule has 0 spiro atoms. The molecule has 0 aromatic carbocycles. The van der Waals surface area contributed by atoms with Crippen LogP contribution in [0.1, 0.15) is 32.1 Å². The van der Waals surface area contributed by atoms with Crippen molar-refractivity contribution in [1.29, 1.82) is 0 Å². The van der Waals surface area contributed by atoms with Gasteiger partial charge < -0.3 is 10.6 Å². The second-order valence-corrected chi connectivity index (χ2v) is 3.78. The molecule has 0 bridgehead atoms. The van der Waals surface area contributed by atoms with Crippen LogP contribution < -0.4 is 10.6 Å². The molecule has 2 nitrogen and oxygen atoms in total. The molecule has 0 amide bonds. The Hall–Kier alpha value is -0.0800.